The van der Waals surface area contributed by atoms with Crippen molar-refractivity contribution in [2.24, 2.45) is 0 Å². The Labute approximate surface area is 395 Å². The van der Waals surface area contributed by atoms with Gasteiger partial charge >= 0.3 is 0 Å². The zero-order valence-corrected chi connectivity index (χ0v) is 37.3. The van der Waals surface area contributed by atoms with Crippen LogP contribution in [0.25, 0.3) is 60.6 Å². The van der Waals surface area contributed by atoms with Crippen molar-refractivity contribution in [3.63, 3.8) is 0 Å². The van der Waals surface area contributed by atoms with E-state index in [4.69, 9.17) is 9.47 Å². The molecule has 0 spiro atoms. The Kier molecular flexibility index (Phi) is 8.81. The molecule has 0 bridgehead atoms. The minimum absolute atomic E-state index is 0.252. The molecule has 68 heavy (non-hydrogen) atoms. The Morgan fingerprint density at radius 1 is 0.426 bits per heavy atom. The smallest absolute Gasteiger partial charge is 0.151 e. The fraction of sp³-hybridized carbons (Fsp3) is 0.0625. The third-order valence-corrected chi connectivity index (χ3v) is 14.4. The van der Waals surface area contributed by atoms with E-state index in [1.807, 2.05) is 12.1 Å². The average Bonchev–Trinajstić information content (AvgIpc) is 3.40. The molecule has 0 radical (unpaired) electrons. The van der Waals surface area contributed by atoms with Gasteiger partial charge in [-0.2, -0.15) is 0 Å². The van der Waals surface area contributed by atoms with Crippen molar-refractivity contribution >= 4 is 66.8 Å². The van der Waals surface area contributed by atoms with Crippen LogP contribution in [0.1, 0.15) is 41.9 Å². The first-order valence-corrected chi connectivity index (χ1v) is 23.7. The number of hydrogen-bond donors (Lipinski definition) is 0. The molecule has 1 unspecified atom stereocenters. The maximum atomic E-state index is 6.61. The lowest BCUT2D eigenvalue weighted by molar-refractivity contribution is 0.388. The van der Waals surface area contributed by atoms with E-state index >= 15 is 0 Å². The molecule has 0 fully saturated rings. The van der Waals surface area contributed by atoms with Crippen LogP contribution in [0.15, 0.2) is 230 Å². The highest BCUT2D eigenvalue weighted by Crippen LogP contribution is 2.54. The van der Waals surface area contributed by atoms with E-state index in [0.29, 0.717) is 0 Å². The SMILES string of the molecule is C1=CC2=C(CC1)Oc1ccccc1N2c1ccc2c(-c3ccc4ccccc4c3)c3cc(N4c5ccccc5Oc5ccccc54)ccc3c(-c3cccc(C4CC=Cc5ccccc54)c3)c2c1. The second-order valence-corrected chi connectivity index (χ2v) is 18.2. The Bertz CT molecular complexity index is 3780. The third kappa shape index (κ3) is 6.14. The van der Waals surface area contributed by atoms with Crippen LogP contribution >= 0.6 is 0 Å². The van der Waals surface area contributed by atoms with Crippen LogP contribution in [-0.4, -0.2) is 0 Å². The summed E-state index contributed by atoms with van der Waals surface area (Å²) in [4.78, 5) is 4.77. The second kappa shape index (κ2) is 15.5. The molecular formula is C64H44N2O2. The molecule has 10 aromatic carbocycles. The van der Waals surface area contributed by atoms with Gasteiger partial charge in [-0.3, -0.25) is 0 Å². The summed E-state index contributed by atoms with van der Waals surface area (Å²) in [6.07, 6.45) is 11.9. The molecule has 2 aliphatic heterocycles. The van der Waals surface area contributed by atoms with Gasteiger partial charge in [-0.1, -0.05) is 152 Å². The van der Waals surface area contributed by atoms with E-state index in [-0.39, 0.29) is 5.92 Å². The average molecular weight is 873 g/mol. The predicted molar refractivity (Wildman–Crippen MR) is 281 cm³/mol. The van der Waals surface area contributed by atoms with Gasteiger partial charge in [0.25, 0.3) is 0 Å². The van der Waals surface area contributed by atoms with E-state index in [0.717, 1.165) is 76.4 Å². The van der Waals surface area contributed by atoms with Crippen LogP contribution in [0.4, 0.5) is 28.4 Å². The number of para-hydroxylation sites is 6. The minimum Gasteiger partial charge on any atom is -0.457 e. The van der Waals surface area contributed by atoms with Gasteiger partial charge in [-0.15, -0.1) is 0 Å². The zero-order chi connectivity index (χ0) is 44.7. The number of fused-ring (bicyclic) bond motifs is 7. The highest BCUT2D eigenvalue weighted by Gasteiger charge is 2.31. The number of anilines is 5. The summed E-state index contributed by atoms with van der Waals surface area (Å²) in [5.74, 6) is 3.81. The first-order chi connectivity index (χ1) is 33.7. The molecule has 1 atom stereocenters. The predicted octanol–water partition coefficient (Wildman–Crippen LogP) is 17.7. The van der Waals surface area contributed by atoms with Crippen molar-refractivity contribution in [3.8, 4) is 39.5 Å². The van der Waals surface area contributed by atoms with Crippen LogP contribution in [0.5, 0.6) is 17.2 Å². The quantitative estimate of drug-likeness (QED) is 0.161. The summed E-state index contributed by atoms with van der Waals surface area (Å²) in [5, 5.41) is 7.19. The van der Waals surface area contributed by atoms with E-state index in [2.05, 4.69) is 222 Å². The molecule has 0 N–H and O–H groups in total. The van der Waals surface area contributed by atoms with E-state index < -0.39 is 0 Å². The lowest BCUT2D eigenvalue weighted by Crippen LogP contribution is -2.24. The van der Waals surface area contributed by atoms with Crippen LogP contribution in [0, 0.1) is 0 Å². The van der Waals surface area contributed by atoms with Crippen molar-refractivity contribution in [1.82, 2.24) is 0 Å². The van der Waals surface area contributed by atoms with Gasteiger partial charge < -0.3 is 19.3 Å². The molecule has 4 aliphatic rings. The summed E-state index contributed by atoms with van der Waals surface area (Å²) in [5.41, 5.74) is 15.1. The fourth-order valence-corrected chi connectivity index (χ4v) is 11.3. The molecule has 14 rings (SSSR count). The van der Waals surface area contributed by atoms with Gasteiger partial charge in [0.15, 0.2) is 17.2 Å². The number of rotatable bonds is 5. The van der Waals surface area contributed by atoms with Crippen LogP contribution in [-0.2, 0) is 0 Å². The van der Waals surface area contributed by atoms with Crippen LogP contribution in [0.3, 0.4) is 0 Å². The molecule has 2 heterocycles. The molecule has 0 saturated carbocycles. The highest BCUT2D eigenvalue weighted by atomic mass is 16.5. The Hall–Kier alpha value is -8.60. The number of hydrogen-bond acceptors (Lipinski definition) is 4. The molecule has 4 nitrogen and oxygen atoms in total. The molecule has 10 aromatic rings. The second-order valence-electron chi connectivity index (χ2n) is 18.2. The Balaban J connectivity index is 1.08. The summed E-state index contributed by atoms with van der Waals surface area (Å²) >= 11 is 0. The van der Waals surface area contributed by atoms with E-state index in [1.54, 1.807) is 0 Å². The maximum absolute atomic E-state index is 6.61. The number of nitrogens with zero attached hydrogens (tertiary/aromatic N) is 2. The molecular weight excluding hydrogens is 829 g/mol. The molecule has 322 valence electrons. The summed E-state index contributed by atoms with van der Waals surface area (Å²) in [7, 11) is 0. The van der Waals surface area contributed by atoms with Crippen LogP contribution < -0.4 is 19.3 Å². The van der Waals surface area contributed by atoms with Crippen molar-refractivity contribution in [2.45, 2.75) is 25.2 Å². The first kappa shape index (κ1) is 38.6. The molecule has 2 aliphatic carbocycles. The lowest BCUT2D eigenvalue weighted by Gasteiger charge is -2.35. The third-order valence-electron chi connectivity index (χ3n) is 14.4. The maximum Gasteiger partial charge on any atom is 0.151 e. The standard InChI is InChI=1S/C64H44N2O2/c1-2-17-43-37-46(32-31-41(43)15-1)64-52-36-34-47(65-55-23-5-9-27-59(55)67-60-28-10-6-24-56(60)65)39-53(52)63(45-20-13-19-44(38-45)50-22-14-18-42-16-3-4-21-49(42)50)51-35-33-48(40-54(51)64)66-57-25-7-11-29-61(57)68-62-30-12-8-26-58(62)66/h1-9,11-21,23-27,29-40,50H,10,22,28H2. The van der Waals surface area contributed by atoms with E-state index in [9.17, 15) is 0 Å². The summed E-state index contributed by atoms with van der Waals surface area (Å²) < 4.78 is 13.1. The Morgan fingerprint density at radius 3 is 1.79 bits per heavy atom. The van der Waals surface area contributed by atoms with Gasteiger partial charge in [-0.05, 0) is 157 Å². The lowest BCUT2D eigenvalue weighted by atomic mass is 9.80. The molecule has 0 saturated heterocycles. The van der Waals surface area contributed by atoms with Gasteiger partial charge in [0.1, 0.15) is 5.76 Å². The van der Waals surface area contributed by atoms with E-state index in [1.165, 1.54) is 71.3 Å². The fourth-order valence-electron chi connectivity index (χ4n) is 11.3. The van der Waals surface area contributed by atoms with Gasteiger partial charge in [0.2, 0.25) is 0 Å². The van der Waals surface area contributed by atoms with Gasteiger partial charge in [-0.25, -0.2) is 0 Å². The molecule has 0 aromatic heterocycles. The monoisotopic (exact) mass is 872 g/mol. The molecule has 0 amide bonds. The normalized spacial score (nSPS) is 15.6. The highest BCUT2D eigenvalue weighted by molar-refractivity contribution is 6.23. The van der Waals surface area contributed by atoms with Crippen molar-refractivity contribution in [1.29, 1.82) is 0 Å². The van der Waals surface area contributed by atoms with Gasteiger partial charge in [0, 0.05) is 23.7 Å². The van der Waals surface area contributed by atoms with Crippen molar-refractivity contribution in [2.75, 3.05) is 9.80 Å². The van der Waals surface area contributed by atoms with Crippen molar-refractivity contribution in [3.05, 3.63) is 247 Å². The zero-order valence-electron chi connectivity index (χ0n) is 37.3. The number of ether oxygens (including phenoxy) is 2. The molecule has 4 heteroatoms. The topological polar surface area (TPSA) is 24.9 Å². The first-order valence-electron chi connectivity index (χ1n) is 23.7. The largest absolute Gasteiger partial charge is 0.457 e. The minimum atomic E-state index is 0.252. The van der Waals surface area contributed by atoms with Crippen LogP contribution in [0.2, 0.25) is 0 Å². The number of benzene rings is 10. The summed E-state index contributed by atoms with van der Waals surface area (Å²) in [6, 6.07) is 73.3. The van der Waals surface area contributed by atoms with Gasteiger partial charge in [0.05, 0.1) is 22.8 Å². The Morgan fingerprint density at radius 2 is 1.04 bits per heavy atom. The van der Waals surface area contributed by atoms with Crippen molar-refractivity contribution < 1.29 is 9.47 Å². The number of allylic oxidation sites excluding steroid dienone is 4. The summed E-state index contributed by atoms with van der Waals surface area (Å²) in [6.45, 7) is 0.